The van der Waals surface area contributed by atoms with E-state index in [1.807, 2.05) is 19.0 Å². The molecule has 6 radical (unpaired) electrons. The van der Waals surface area contributed by atoms with Gasteiger partial charge in [-0.3, -0.25) is 19.1 Å². The number of hydrogen-bond acceptors (Lipinski definition) is 9. The number of rotatable bonds is 12. The molecule has 0 spiro atoms. The number of anilines is 3. The number of aromatic nitrogens is 4. The number of halogens is 1. The van der Waals surface area contributed by atoms with Crippen molar-refractivity contribution in [2.24, 2.45) is 13.0 Å². The lowest BCUT2D eigenvalue weighted by atomic mass is 9.49. The molecular weight excluding hydrogens is 566 g/mol. The lowest BCUT2D eigenvalue weighted by Gasteiger charge is -2.23. The van der Waals surface area contributed by atoms with Gasteiger partial charge < -0.3 is 30.5 Å². The maximum absolute atomic E-state index is 15.1. The first-order valence-electron chi connectivity index (χ1n) is 13.6. The number of benzene rings is 1. The quantitative estimate of drug-likeness (QED) is 0.256. The zero-order chi connectivity index (χ0) is 32.3. The minimum absolute atomic E-state index is 0.00195. The summed E-state index contributed by atoms with van der Waals surface area (Å²) in [5.74, 6) is -2.02. The van der Waals surface area contributed by atoms with E-state index in [1.165, 1.54) is 30.0 Å². The number of amides is 3. The Balaban J connectivity index is 1.72. The number of hydrogen-bond donors (Lipinski definition) is 3. The van der Waals surface area contributed by atoms with Crippen LogP contribution in [0.1, 0.15) is 33.8 Å². The molecule has 224 valence electrons. The molecule has 1 aromatic carbocycles. The molecule has 44 heavy (non-hydrogen) atoms. The molecule has 0 atom stereocenters. The molecule has 1 fully saturated rings. The second-order valence-electron chi connectivity index (χ2n) is 10.9. The number of likely N-dealkylation sites (N-methyl/N-ethyl adjacent to an activating group) is 2. The zero-order valence-electron chi connectivity index (χ0n) is 25.1. The van der Waals surface area contributed by atoms with Gasteiger partial charge in [0.25, 0.3) is 11.8 Å². The van der Waals surface area contributed by atoms with Crippen molar-refractivity contribution in [2.45, 2.75) is 18.1 Å². The summed E-state index contributed by atoms with van der Waals surface area (Å²) >= 11 is 0. The number of aryl methyl sites for hydroxylation is 1. The average Bonchev–Trinajstić information content (AvgIpc) is 3.72. The van der Waals surface area contributed by atoms with E-state index in [0.29, 0.717) is 13.1 Å². The number of carbonyl (C=O) groups is 3. The molecular formula is C27H31B3FN9O4. The fraction of sp³-hybridized carbons (Fsp3) is 0.407. The van der Waals surface area contributed by atoms with Crippen LogP contribution in [0.5, 0.6) is 5.75 Å². The van der Waals surface area contributed by atoms with Crippen LogP contribution in [0, 0.1) is 11.7 Å². The number of nitrogens with zero attached hydrogens (tertiary/aromatic N) is 6. The van der Waals surface area contributed by atoms with Crippen molar-refractivity contribution in [2.75, 3.05) is 52.0 Å². The standard InChI is InChI=1S/C27H31B3FN9O4/c1-38(2)8-9-39(3)26(43)20-12-17(37-40(20)4)16-10-15(31)11-19(23(16)44-5)32-18-13-21(33-24(41)14-6-7-14)35-36-22(18)25(42)34-27(28,29)30/h10-14H,6-9H2,1-5H3,(H,34,42)(H2,32,33,35,41). The van der Waals surface area contributed by atoms with Crippen molar-refractivity contribution in [1.29, 1.82) is 0 Å². The minimum atomic E-state index is -2.08. The van der Waals surface area contributed by atoms with Gasteiger partial charge in [0.1, 0.15) is 11.5 Å². The Labute approximate surface area is 258 Å². The van der Waals surface area contributed by atoms with Gasteiger partial charge >= 0.3 is 0 Å². The van der Waals surface area contributed by atoms with Gasteiger partial charge in [-0.15, -0.1) is 10.2 Å². The van der Waals surface area contributed by atoms with Crippen LogP contribution in [0.2, 0.25) is 0 Å². The molecule has 1 aliphatic carbocycles. The summed E-state index contributed by atoms with van der Waals surface area (Å²) in [4.78, 5) is 41.9. The molecule has 3 amide bonds. The molecule has 0 aliphatic heterocycles. The smallest absolute Gasteiger partial charge is 0.272 e. The Bertz CT molecular complexity index is 1570. The number of methoxy groups -OCH3 is 1. The highest BCUT2D eigenvalue weighted by molar-refractivity contribution is 6.60. The fourth-order valence-electron chi connectivity index (χ4n) is 4.23. The second kappa shape index (κ2) is 13.1. The van der Waals surface area contributed by atoms with Gasteiger partial charge in [-0.25, -0.2) is 4.39 Å². The Hall–Kier alpha value is -4.40. The van der Waals surface area contributed by atoms with Gasteiger partial charge in [-0.1, -0.05) is 5.24 Å². The molecule has 3 N–H and O–H groups in total. The molecule has 13 nitrogen and oxygen atoms in total. The monoisotopic (exact) mass is 597 g/mol. The fourth-order valence-corrected chi connectivity index (χ4v) is 4.23. The van der Waals surface area contributed by atoms with Crippen molar-refractivity contribution < 1.29 is 23.5 Å². The van der Waals surface area contributed by atoms with Crippen LogP contribution in [0.3, 0.4) is 0 Å². The van der Waals surface area contributed by atoms with E-state index in [9.17, 15) is 14.4 Å². The molecule has 2 aromatic heterocycles. The molecule has 2 heterocycles. The third-order valence-corrected chi connectivity index (χ3v) is 6.67. The summed E-state index contributed by atoms with van der Waals surface area (Å²) in [7, 11) is 25.1. The van der Waals surface area contributed by atoms with E-state index >= 15 is 4.39 Å². The average molecular weight is 597 g/mol. The predicted molar refractivity (Wildman–Crippen MR) is 165 cm³/mol. The molecule has 0 unspecified atom stereocenters. The summed E-state index contributed by atoms with van der Waals surface area (Å²) in [6, 6.07) is 5.23. The Kier molecular flexibility index (Phi) is 9.67. The highest BCUT2D eigenvalue weighted by Gasteiger charge is 2.30. The first-order valence-corrected chi connectivity index (χ1v) is 13.6. The zero-order valence-corrected chi connectivity index (χ0v) is 25.1. The van der Waals surface area contributed by atoms with E-state index in [1.54, 1.807) is 19.0 Å². The second-order valence-corrected chi connectivity index (χ2v) is 10.9. The van der Waals surface area contributed by atoms with Crippen molar-refractivity contribution >= 4 is 58.5 Å². The summed E-state index contributed by atoms with van der Waals surface area (Å²) in [5, 5.41) is 18.0. The molecule has 3 aromatic rings. The van der Waals surface area contributed by atoms with Crippen LogP contribution in [0.4, 0.5) is 21.6 Å². The van der Waals surface area contributed by atoms with E-state index < -0.39 is 17.0 Å². The van der Waals surface area contributed by atoms with Crippen LogP contribution < -0.4 is 20.7 Å². The highest BCUT2D eigenvalue weighted by Crippen LogP contribution is 2.39. The van der Waals surface area contributed by atoms with Crippen molar-refractivity contribution in [3.8, 4) is 17.0 Å². The van der Waals surface area contributed by atoms with Crippen LogP contribution in [0.25, 0.3) is 11.3 Å². The summed E-state index contributed by atoms with van der Waals surface area (Å²) < 4.78 is 22.2. The largest absolute Gasteiger partial charge is 0.494 e. The van der Waals surface area contributed by atoms with Crippen molar-refractivity contribution in [3.05, 3.63) is 41.5 Å². The van der Waals surface area contributed by atoms with Gasteiger partial charge in [0.15, 0.2) is 17.3 Å². The van der Waals surface area contributed by atoms with Gasteiger partial charge in [0.05, 0.1) is 47.7 Å². The molecule has 17 heteroatoms. The van der Waals surface area contributed by atoms with Crippen molar-refractivity contribution in [1.82, 2.24) is 35.1 Å². The Morgan fingerprint density at radius 2 is 1.77 bits per heavy atom. The first-order chi connectivity index (χ1) is 20.7. The van der Waals surface area contributed by atoms with Gasteiger partial charge in [-0.05, 0) is 39.1 Å². The number of nitrogens with one attached hydrogen (secondary N) is 3. The van der Waals surface area contributed by atoms with Gasteiger partial charge in [0, 0.05) is 50.8 Å². The van der Waals surface area contributed by atoms with Crippen molar-refractivity contribution in [3.63, 3.8) is 0 Å². The lowest BCUT2D eigenvalue weighted by Crippen LogP contribution is -2.50. The predicted octanol–water partition coefficient (Wildman–Crippen LogP) is 0.597. The van der Waals surface area contributed by atoms with Gasteiger partial charge in [0.2, 0.25) is 5.91 Å². The van der Waals surface area contributed by atoms with E-state index in [4.69, 9.17) is 28.3 Å². The first kappa shape index (κ1) is 32.5. The normalized spacial score (nSPS) is 13.0. The van der Waals surface area contributed by atoms with Crippen LogP contribution in [-0.2, 0) is 11.8 Å². The molecule has 1 saturated carbocycles. The van der Waals surface area contributed by atoms with Gasteiger partial charge in [-0.2, -0.15) is 5.10 Å². The Morgan fingerprint density at radius 3 is 2.39 bits per heavy atom. The molecule has 4 rings (SSSR count). The van der Waals surface area contributed by atoms with Crippen LogP contribution in [0.15, 0.2) is 24.3 Å². The van der Waals surface area contributed by atoms with Crippen LogP contribution in [-0.4, -0.2) is 118 Å². The summed E-state index contributed by atoms with van der Waals surface area (Å²) in [6.45, 7) is 1.15. The molecule has 1 aliphatic rings. The maximum Gasteiger partial charge on any atom is 0.272 e. The Morgan fingerprint density at radius 1 is 1.07 bits per heavy atom. The third-order valence-electron chi connectivity index (χ3n) is 6.67. The summed E-state index contributed by atoms with van der Waals surface area (Å²) in [6.07, 6.45) is 1.51. The highest BCUT2D eigenvalue weighted by atomic mass is 19.1. The third kappa shape index (κ3) is 7.95. The molecule has 0 bridgehead atoms. The number of ether oxygens (including phenoxy) is 1. The SMILES string of the molecule is [B]C([B])([B])NC(=O)c1nnc(NC(=O)C2CC2)cc1Nc1cc(F)cc(-c2cc(C(=O)N(C)CCN(C)C)n(C)n2)c1OC. The topological polar surface area (TPSA) is 147 Å². The van der Waals surface area contributed by atoms with E-state index in [2.05, 4.69) is 31.2 Å². The summed E-state index contributed by atoms with van der Waals surface area (Å²) in [5.41, 5.74) is 0.537. The van der Waals surface area contributed by atoms with E-state index in [0.717, 1.165) is 18.9 Å². The van der Waals surface area contributed by atoms with Crippen LogP contribution >= 0.6 is 0 Å². The minimum Gasteiger partial charge on any atom is -0.494 e. The lowest BCUT2D eigenvalue weighted by molar-refractivity contribution is -0.117. The molecule has 0 saturated heterocycles. The van der Waals surface area contributed by atoms with E-state index in [-0.39, 0.29) is 63.3 Å². The maximum atomic E-state index is 15.1. The number of carbonyl (C=O) groups excluding carboxylic acids is 3.